The van der Waals surface area contributed by atoms with Crippen LogP contribution in [0.4, 0.5) is 4.39 Å². The predicted octanol–water partition coefficient (Wildman–Crippen LogP) is 3.94. The number of aromatic nitrogens is 2. The van der Waals surface area contributed by atoms with Crippen LogP contribution in [-0.2, 0) is 0 Å². The second-order valence-corrected chi connectivity index (χ2v) is 4.71. The quantitative estimate of drug-likeness (QED) is 0.789. The van der Waals surface area contributed by atoms with Crippen LogP contribution in [-0.4, -0.2) is 10.1 Å². The van der Waals surface area contributed by atoms with Crippen LogP contribution in [0.25, 0.3) is 11.4 Å². The Labute approximate surface area is 105 Å². The van der Waals surface area contributed by atoms with Crippen molar-refractivity contribution in [2.75, 3.05) is 0 Å². The standard InChI is InChI=1S/C10H7BrClFN2O/c1-5(12)10-14-9(15-16-10)7-4-6(13)2-3-8(7)11/h2-5H,1H3. The molecule has 0 radical (unpaired) electrons. The van der Waals surface area contributed by atoms with Gasteiger partial charge in [-0.05, 0) is 25.1 Å². The summed E-state index contributed by atoms with van der Waals surface area (Å²) in [7, 11) is 0. The summed E-state index contributed by atoms with van der Waals surface area (Å²) in [6.45, 7) is 1.72. The highest BCUT2D eigenvalue weighted by Gasteiger charge is 2.15. The van der Waals surface area contributed by atoms with Crippen molar-refractivity contribution in [2.45, 2.75) is 12.3 Å². The van der Waals surface area contributed by atoms with Crippen LogP contribution in [0, 0.1) is 5.82 Å². The van der Waals surface area contributed by atoms with Gasteiger partial charge in [-0.3, -0.25) is 0 Å². The Morgan fingerprint density at radius 3 is 2.88 bits per heavy atom. The van der Waals surface area contributed by atoms with Crippen LogP contribution in [0.3, 0.4) is 0 Å². The van der Waals surface area contributed by atoms with Gasteiger partial charge in [0.15, 0.2) is 0 Å². The monoisotopic (exact) mass is 304 g/mol. The van der Waals surface area contributed by atoms with E-state index in [4.69, 9.17) is 16.1 Å². The molecule has 0 amide bonds. The molecule has 2 rings (SSSR count). The van der Waals surface area contributed by atoms with E-state index in [1.54, 1.807) is 13.0 Å². The number of benzene rings is 1. The molecule has 1 unspecified atom stereocenters. The molecule has 2 aromatic rings. The van der Waals surface area contributed by atoms with Crippen LogP contribution in [0.2, 0.25) is 0 Å². The van der Waals surface area contributed by atoms with Crippen molar-refractivity contribution in [2.24, 2.45) is 0 Å². The minimum Gasteiger partial charge on any atom is -0.337 e. The number of hydrogen-bond acceptors (Lipinski definition) is 3. The number of halogens is 3. The molecule has 0 aliphatic heterocycles. The van der Waals surface area contributed by atoms with E-state index in [2.05, 4.69) is 26.1 Å². The van der Waals surface area contributed by atoms with Gasteiger partial charge in [0.25, 0.3) is 0 Å². The highest BCUT2D eigenvalue weighted by Crippen LogP contribution is 2.28. The Bertz CT molecular complexity index is 515. The fourth-order valence-corrected chi connectivity index (χ4v) is 1.69. The maximum atomic E-state index is 13.1. The Kier molecular flexibility index (Phi) is 3.25. The van der Waals surface area contributed by atoms with E-state index in [-0.39, 0.29) is 11.2 Å². The topological polar surface area (TPSA) is 38.9 Å². The fraction of sp³-hybridized carbons (Fsp3) is 0.200. The number of hydrogen-bond donors (Lipinski definition) is 0. The molecule has 0 aliphatic carbocycles. The van der Waals surface area contributed by atoms with Crippen LogP contribution >= 0.6 is 27.5 Å². The lowest BCUT2D eigenvalue weighted by Gasteiger charge is -1.98. The summed E-state index contributed by atoms with van der Waals surface area (Å²) in [4.78, 5) is 4.08. The van der Waals surface area contributed by atoms with Gasteiger partial charge in [0.2, 0.25) is 11.7 Å². The maximum Gasteiger partial charge on any atom is 0.244 e. The molecule has 1 aromatic carbocycles. The highest BCUT2D eigenvalue weighted by atomic mass is 79.9. The molecule has 1 atom stereocenters. The first-order valence-electron chi connectivity index (χ1n) is 4.51. The van der Waals surface area contributed by atoms with E-state index in [0.717, 1.165) is 0 Å². The minimum atomic E-state index is -0.367. The van der Waals surface area contributed by atoms with Crippen LogP contribution < -0.4 is 0 Å². The lowest BCUT2D eigenvalue weighted by molar-refractivity contribution is 0.379. The molecular formula is C10H7BrClFN2O. The molecular weight excluding hydrogens is 298 g/mol. The first-order valence-corrected chi connectivity index (χ1v) is 5.74. The van der Waals surface area contributed by atoms with Gasteiger partial charge in [0.1, 0.15) is 11.2 Å². The van der Waals surface area contributed by atoms with Gasteiger partial charge in [-0.15, -0.1) is 11.6 Å². The molecule has 0 bridgehead atoms. The predicted molar refractivity (Wildman–Crippen MR) is 61.7 cm³/mol. The molecule has 3 nitrogen and oxygen atoms in total. The Morgan fingerprint density at radius 1 is 1.50 bits per heavy atom. The largest absolute Gasteiger partial charge is 0.337 e. The molecule has 84 valence electrons. The normalized spacial score (nSPS) is 12.8. The second kappa shape index (κ2) is 4.51. The van der Waals surface area contributed by atoms with Gasteiger partial charge < -0.3 is 4.52 Å². The van der Waals surface area contributed by atoms with Crippen molar-refractivity contribution in [1.82, 2.24) is 10.1 Å². The Balaban J connectivity index is 2.46. The average molecular weight is 306 g/mol. The number of nitrogens with zero attached hydrogens (tertiary/aromatic N) is 2. The van der Waals surface area contributed by atoms with E-state index < -0.39 is 0 Å². The third-order valence-electron chi connectivity index (χ3n) is 1.95. The van der Waals surface area contributed by atoms with Crippen molar-refractivity contribution in [3.05, 3.63) is 34.4 Å². The van der Waals surface area contributed by atoms with E-state index in [1.807, 2.05) is 0 Å². The second-order valence-electron chi connectivity index (χ2n) is 3.20. The van der Waals surface area contributed by atoms with E-state index in [1.165, 1.54) is 12.1 Å². The average Bonchev–Trinajstić information content (AvgIpc) is 2.70. The van der Waals surface area contributed by atoms with Crippen molar-refractivity contribution >= 4 is 27.5 Å². The molecule has 1 heterocycles. The smallest absolute Gasteiger partial charge is 0.244 e. The Hall–Kier alpha value is -0.940. The number of rotatable bonds is 2. The van der Waals surface area contributed by atoms with Gasteiger partial charge in [-0.25, -0.2) is 4.39 Å². The molecule has 6 heteroatoms. The van der Waals surface area contributed by atoms with Crippen molar-refractivity contribution in [3.63, 3.8) is 0 Å². The lowest BCUT2D eigenvalue weighted by atomic mass is 10.2. The van der Waals surface area contributed by atoms with E-state index >= 15 is 0 Å². The maximum absolute atomic E-state index is 13.1. The van der Waals surface area contributed by atoms with Gasteiger partial charge in [-0.2, -0.15) is 4.98 Å². The zero-order valence-corrected chi connectivity index (χ0v) is 10.6. The van der Waals surface area contributed by atoms with E-state index in [0.29, 0.717) is 21.8 Å². The fourth-order valence-electron chi connectivity index (χ4n) is 1.18. The molecule has 0 saturated carbocycles. The zero-order chi connectivity index (χ0) is 11.7. The van der Waals surface area contributed by atoms with Crippen LogP contribution in [0.1, 0.15) is 18.2 Å². The summed E-state index contributed by atoms with van der Waals surface area (Å²) in [5.41, 5.74) is 0.535. The summed E-state index contributed by atoms with van der Waals surface area (Å²) in [6.07, 6.45) is 0. The number of alkyl halides is 1. The van der Waals surface area contributed by atoms with Crippen molar-refractivity contribution in [1.29, 1.82) is 0 Å². The minimum absolute atomic E-state index is 0.313. The highest BCUT2D eigenvalue weighted by molar-refractivity contribution is 9.10. The summed E-state index contributed by atoms with van der Waals surface area (Å²) < 4.78 is 18.7. The molecule has 0 aliphatic rings. The van der Waals surface area contributed by atoms with Gasteiger partial charge >= 0.3 is 0 Å². The van der Waals surface area contributed by atoms with Gasteiger partial charge in [0, 0.05) is 10.0 Å². The first-order chi connectivity index (χ1) is 7.58. The van der Waals surface area contributed by atoms with Crippen LogP contribution in [0.5, 0.6) is 0 Å². The van der Waals surface area contributed by atoms with Crippen molar-refractivity contribution < 1.29 is 8.91 Å². The zero-order valence-electron chi connectivity index (χ0n) is 8.25. The molecule has 0 spiro atoms. The summed E-state index contributed by atoms with van der Waals surface area (Å²) in [5.74, 6) is 0.269. The molecule has 0 N–H and O–H groups in total. The first kappa shape index (κ1) is 11.5. The molecule has 0 saturated heterocycles. The van der Waals surface area contributed by atoms with Crippen LogP contribution in [0.15, 0.2) is 27.2 Å². The lowest BCUT2D eigenvalue weighted by Crippen LogP contribution is -1.87. The molecule has 16 heavy (non-hydrogen) atoms. The summed E-state index contributed by atoms with van der Waals surface area (Å²) in [5, 5.41) is 3.38. The third-order valence-corrected chi connectivity index (χ3v) is 2.83. The van der Waals surface area contributed by atoms with E-state index in [9.17, 15) is 4.39 Å². The summed E-state index contributed by atoms with van der Waals surface area (Å²) in [6, 6.07) is 4.27. The SMILES string of the molecule is CC(Cl)c1nc(-c2cc(F)ccc2Br)no1. The van der Waals surface area contributed by atoms with Gasteiger partial charge in [-0.1, -0.05) is 21.1 Å². The molecule has 1 aromatic heterocycles. The third kappa shape index (κ3) is 2.25. The summed E-state index contributed by atoms with van der Waals surface area (Å²) >= 11 is 9.09. The Morgan fingerprint density at radius 2 is 2.25 bits per heavy atom. The van der Waals surface area contributed by atoms with Crippen molar-refractivity contribution in [3.8, 4) is 11.4 Å². The molecule has 0 fully saturated rings. The van der Waals surface area contributed by atoms with Gasteiger partial charge in [0.05, 0.1) is 0 Å².